The van der Waals surface area contributed by atoms with Crippen LogP contribution in [0.25, 0.3) is 0 Å². The normalized spacial score (nSPS) is 11.4. The van der Waals surface area contributed by atoms with Gasteiger partial charge in [-0.3, -0.25) is 4.31 Å². The van der Waals surface area contributed by atoms with Crippen molar-refractivity contribution >= 4 is 15.7 Å². The van der Waals surface area contributed by atoms with E-state index in [0.717, 1.165) is 16.7 Å². The van der Waals surface area contributed by atoms with Crippen molar-refractivity contribution in [3.8, 4) is 0 Å². The van der Waals surface area contributed by atoms with Gasteiger partial charge in [-0.2, -0.15) is 0 Å². The van der Waals surface area contributed by atoms with Gasteiger partial charge >= 0.3 is 0 Å². The predicted octanol–water partition coefficient (Wildman–Crippen LogP) is 3.44. The second-order valence-corrected chi connectivity index (χ2v) is 7.02. The van der Waals surface area contributed by atoms with E-state index < -0.39 is 10.0 Å². The number of hydrogen-bond donors (Lipinski definition) is 0. The third kappa shape index (κ3) is 2.70. The van der Waals surface area contributed by atoms with E-state index in [9.17, 15) is 8.42 Å². The van der Waals surface area contributed by atoms with Crippen LogP contribution in [0, 0.1) is 20.8 Å². The van der Waals surface area contributed by atoms with Crippen LogP contribution in [0.1, 0.15) is 16.7 Å². The Kier molecular flexibility index (Phi) is 3.86. The van der Waals surface area contributed by atoms with E-state index >= 15 is 0 Å². The standard InChI is InChI=1S/C16H19NO2S/c1-12-9-13(2)11-15(10-12)17(4)20(18,19)16-8-6-5-7-14(16)3/h5-11H,1-4H3. The number of sulfonamides is 1. The third-order valence-electron chi connectivity index (χ3n) is 3.30. The molecule has 2 aromatic rings. The molecule has 2 rings (SSSR count). The Labute approximate surface area is 120 Å². The molecule has 0 N–H and O–H groups in total. The summed E-state index contributed by atoms with van der Waals surface area (Å²) in [5.74, 6) is 0. The van der Waals surface area contributed by atoms with Crippen molar-refractivity contribution in [1.82, 2.24) is 0 Å². The van der Waals surface area contributed by atoms with Gasteiger partial charge in [0.2, 0.25) is 0 Å². The van der Waals surface area contributed by atoms with Gasteiger partial charge in [-0.15, -0.1) is 0 Å². The van der Waals surface area contributed by atoms with Gasteiger partial charge < -0.3 is 0 Å². The van der Waals surface area contributed by atoms with Gasteiger partial charge in [0.05, 0.1) is 10.6 Å². The summed E-state index contributed by atoms with van der Waals surface area (Å²) in [5, 5.41) is 0. The van der Waals surface area contributed by atoms with E-state index in [1.165, 1.54) is 4.31 Å². The molecule has 0 radical (unpaired) electrons. The summed E-state index contributed by atoms with van der Waals surface area (Å²) in [6.07, 6.45) is 0. The van der Waals surface area contributed by atoms with Crippen molar-refractivity contribution in [3.05, 3.63) is 59.2 Å². The highest BCUT2D eigenvalue weighted by Gasteiger charge is 2.23. The molecule has 0 saturated heterocycles. The molecule has 0 unspecified atom stereocenters. The molecule has 0 amide bonds. The van der Waals surface area contributed by atoms with Crippen molar-refractivity contribution < 1.29 is 8.42 Å². The molecule has 4 heteroatoms. The average molecular weight is 289 g/mol. The Balaban J connectivity index is 2.52. The third-order valence-corrected chi connectivity index (χ3v) is 5.25. The zero-order chi connectivity index (χ0) is 14.9. The number of benzene rings is 2. The van der Waals surface area contributed by atoms with Crippen LogP contribution < -0.4 is 4.31 Å². The van der Waals surface area contributed by atoms with E-state index in [0.29, 0.717) is 10.6 Å². The molecule has 0 saturated carbocycles. The lowest BCUT2D eigenvalue weighted by atomic mass is 10.1. The van der Waals surface area contributed by atoms with Crippen LogP contribution in [0.3, 0.4) is 0 Å². The van der Waals surface area contributed by atoms with Crippen LogP contribution in [0.15, 0.2) is 47.4 Å². The topological polar surface area (TPSA) is 37.4 Å². The van der Waals surface area contributed by atoms with Crippen molar-refractivity contribution in [2.45, 2.75) is 25.7 Å². The lowest BCUT2D eigenvalue weighted by Gasteiger charge is -2.21. The van der Waals surface area contributed by atoms with Crippen LogP contribution in [-0.4, -0.2) is 15.5 Å². The van der Waals surface area contributed by atoms with Gasteiger partial charge in [-0.1, -0.05) is 24.3 Å². The lowest BCUT2D eigenvalue weighted by molar-refractivity contribution is 0.594. The Morgan fingerprint density at radius 3 is 2.00 bits per heavy atom. The largest absolute Gasteiger partial charge is 0.269 e. The summed E-state index contributed by atoms with van der Waals surface area (Å²) >= 11 is 0. The Hall–Kier alpha value is -1.81. The maximum atomic E-state index is 12.7. The molecule has 20 heavy (non-hydrogen) atoms. The zero-order valence-electron chi connectivity index (χ0n) is 12.2. The molecular weight excluding hydrogens is 270 g/mol. The molecule has 0 aromatic heterocycles. The van der Waals surface area contributed by atoms with E-state index in [2.05, 4.69) is 0 Å². The first-order chi connectivity index (χ1) is 9.32. The summed E-state index contributed by atoms with van der Waals surface area (Å²) in [5.41, 5.74) is 3.54. The minimum Gasteiger partial charge on any atom is -0.269 e. The van der Waals surface area contributed by atoms with Crippen LogP contribution in [0.2, 0.25) is 0 Å². The first-order valence-electron chi connectivity index (χ1n) is 6.45. The highest BCUT2D eigenvalue weighted by molar-refractivity contribution is 7.92. The van der Waals surface area contributed by atoms with Crippen LogP contribution >= 0.6 is 0 Å². The van der Waals surface area contributed by atoms with E-state index in [-0.39, 0.29) is 0 Å². The minimum absolute atomic E-state index is 0.349. The SMILES string of the molecule is Cc1cc(C)cc(N(C)S(=O)(=O)c2ccccc2C)c1. The molecule has 3 nitrogen and oxygen atoms in total. The fourth-order valence-electron chi connectivity index (χ4n) is 2.26. The van der Waals surface area contributed by atoms with Gasteiger partial charge in [0.1, 0.15) is 0 Å². The number of anilines is 1. The first kappa shape index (κ1) is 14.6. The molecule has 2 aromatic carbocycles. The van der Waals surface area contributed by atoms with Crippen molar-refractivity contribution in [2.75, 3.05) is 11.4 Å². The average Bonchev–Trinajstić information content (AvgIpc) is 2.37. The van der Waals surface area contributed by atoms with Gasteiger partial charge in [0.25, 0.3) is 10.0 Å². The Morgan fingerprint density at radius 2 is 1.45 bits per heavy atom. The molecule has 0 aliphatic carbocycles. The molecule has 0 atom stereocenters. The van der Waals surface area contributed by atoms with Gasteiger partial charge in [0, 0.05) is 7.05 Å². The molecule has 0 aliphatic heterocycles. The summed E-state index contributed by atoms with van der Waals surface area (Å²) in [4.78, 5) is 0.349. The fourth-order valence-corrected chi connectivity index (χ4v) is 3.67. The van der Waals surface area contributed by atoms with Crippen molar-refractivity contribution in [1.29, 1.82) is 0 Å². The number of hydrogen-bond acceptors (Lipinski definition) is 2. The maximum absolute atomic E-state index is 12.7. The van der Waals surface area contributed by atoms with Crippen LogP contribution in [0.4, 0.5) is 5.69 Å². The van der Waals surface area contributed by atoms with E-state index in [1.54, 1.807) is 19.2 Å². The Bertz CT molecular complexity index is 716. The monoisotopic (exact) mass is 289 g/mol. The van der Waals surface area contributed by atoms with Gasteiger partial charge in [-0.25, -0.2) is 8.42 Å². The predicted molar refractivity (Wildman–Crippen MR) is 82.7 cm³/mol. The quantitative estimate of drug-likeness (QED) is 0.868. The molecule has 0 bridgehead atoms. The minimum atomic E-state index is -3.52. The Morgan fingerprint density at radius 1 is 0.900 bits per heavy atom. The maximum Gasteiger partial charge on any atom is 0.264 e. The molecular formula is C16H19NO2S. The van der Waals surface area contributed by atoms with Crippen molar-refractivity contribution in [2.24, 2.45) is 0 Å². The van der Waals surface area contributed by atoms with Gasteiger partial charge in [-0.05, 0) is 55.7 Å². The first-order valence-corrected chi connectivity index (χ1v) is 7.89. The van der Waals surface area contributed by atoms with Gasteiger partial charge in [0.15, 0.2) is 0 Å². The summed E-state index contributed by atoms with van der Waals surface area (Å²) in [7, 11) is -1.93. The highest BCUT2D eigenvalue weighted by atomic mass is 32.2. The fraction of sp³-hybridized carbons (Fsp3) is 0.250. The number of aryl methyl sites for hydroxylation is 3. The van der Waals surface area contributed by atoms with E-state index in [1.807, 2.05) is 51.1 Å². The molecule has 0 heterocycles. The zero-order valence-corrected chi connectivity index (χ0v) is 13.0. The van der Waals surface area contributed by atoms with E-state index in [4.69, 9.17) is 0 Å². The lowest BCUT2D eigenvalue weighted by Crippen LogP contribution is -2.27. The summed E-state index contributed by atoms with van der Waals surface area (Å²) in [6.45, 7) is 5.73. The van der Waals surface area contributed by atoms with Crippen molar-refractivity contribution in [3.63, 3.8) is 0 Å². The molecule has 106 valence electrons. The van der Waals surface area contributed by atoms with Crippen LogP contribution in [0.5, 0.6) is 0 Å². The molecule has 0 aliphatic rings. The number of nitrogens with zero attached hydrogens (tertiary/aromatic N) is 1. The number of rotatable bonds is 3. The molecule has 0 fully saturated rings. The smallest absolute Gasteiger partial charge is 0.264 e. The second-order valence-electron chi connectivity index (χ2n) is 5.08. The summed E-state index contributed by atoms with van der Waals surface area (Å²) < 4.78 is 26.7. The second kappa shape index (κ2) is 5.29. The summed E-state index contributed by atoms with van der Waals surface area (Å²) in [6, 6.07) is 12.8. The molecule has 0 spiro atoms. The highest BCUT2D eigenvalue weighted by Crippen LogP contribution is 2.25. The van der Waals surface area contributed by atoms with Crippen LogP contribution in [-0.2, 0) is 10.0 Å².